The first-order valence-electron chi connectivity index (χ1n) is 7.43. The minimum Gasteiger partial charge on any atom is -0.361 e. The molecule has 4 rings (SSSR count). The Labute approximate surface area is 141 Å². The van der Waals surface area contributed by atoms with Crippen LogP contribution in [0.15, 0.2) is 54.9 Å². The molecule has 3 heterocycles. The molecule has 120 valence electrons. The zero-order valence-corrected chi connectivity index (χ0v) is 12.8. The first kappa shape index (κ1) is 15.0. The molecule has 1 aromatic carbocycles. The fraction of sp³-hybridized carbons (Fsp3) is 0. The molecule has 4 nitrogen and oxygen atoms in total. The Morgan fingerprint density at radius 1 is 0.920 bits per heavy atom. The summed E-state index contributed by atoms with van der Waals surface area (Å²) in [5, 5.41) is 0. The first-order chi connectivity index (χ1) is 12.2. The van der Waals surface area contributed by atoms with Gasteiger partial charge in [-0.3, -0.25) is 4.98 Å². The van der Waals surface area contributed by atoms with Crippen molar-refractivity contribution in [3.8, 4) is 22.4 Å². The van der Waals surface area contributed by atoms with Crippen LogP contribution in [0.2, 0.25) is 0 Å². The van der Waals surface area contributed by atoms with Crippen molar-refractivity contribution in [1.29, 1.82) is 0 Å². The molecule has 3 aromatic heterocycles. The van der Waals surface area contributed by atoms with Crippen molar-refractivity contribution in [2.45, 2.75) is 0 Å². The molecule has 0 aliphatic carbocycles. The van der Waals surface area contributed by atoms with Gasteiger partial charge in [-0.1, -0.05) is 12.6 Å². The van der Waals surface area contributed by atoms with Crippen LogP contribution in [0, 0.1) is 18.2 Å². The monoisotopic (exact) mass is 332 g/mol. The van der Waals surface area contributed by atoms with E-state index in [1.54, 1.807) is 24.5 Å². The van der Waals surface area contributed by atoms with Crippen molar-refractivity contribution in [3.05, 3.63) is 77.9 Å². The van der Waals surface area contributed by atoms with Crippen LogP contribution in [-0.2, 0) is 0 Å². The summed E-state index contributed by atoms with van der Waals surface area (Å²) in [5.74, 6) is -1.62. The summed E-state index contributed by atoms with van der Waals surface area (Å²) in [6.07, 6.45) is 3.29. The quantitative estimate of drug-likeness (QED) is 0.518. The molecule has 0 saturated carbocycles. The van der Waals surface area contributed by atoms with Crippen molar-refractivity contribution in [3.63, 3.8) is 0 Å². The number of aromatic amines is 1. The molecule has 0 spiro atoms. The van der Waals surface area contributed by atoms with Gasteiger partial charge in [0.1, 0.15) is 0 Å². The summed E-state index contributed by atoms with van der Waals surface area (Å²) < 4.78 is 27.1. The van der Waals surface area contributed by atoms with Gasteiger partial charge >= 0.3 is 0 Å². The number of halogens is 2. The number of aromatic nitrogens is 3. The minimum atomic E-state index is -0.936. The molecular formula is C19H10F2N4. The number of nitrogens with one attached hydrogen (secondary N) is 1. The zero-order chi connectivity index (χ0) is 17.4. The number of hydrogen-bond acceptors (Lipinski definition) is 2. The lowest BCUT2D eigenvalue weighted by molar-refractivity contribution is 0.509. The maximum Gasteiger partial charge on any atom is 0.270 e. The van der Waals surface area contributed by atoms with Gasteiger partial charge in [0.15, 0.2) is 17.2 Å². The number of hydrogen-bond donors (Lipinski definition) is 1. The number of benzene rings is 1. The van der Waals surface area contributed by atoms with E-state index < -0.39 is 11.6 Å². The van der Waals surface area contributed by atoms with Gasteiger partial charge < -0.3 is 9.83 Å². The van der Waals surface area contributed by atoms with E-state index in [-0.39, 0.29) is 5.82 Å². The lowest BCUT2D eigenvalue weighted by Gasteiger charge is -2.05. The van der Waals surface area contributed by atoms with E-state index >= 15 is 0 Å². The number of H-pyrrole nitrogens is 1. The molecule has 0 fully saturated rings. The third-order valence-electron chi connectivity index (χ3n) is 3.92. The highest BCUT2D eigenvalue weighted by atomic mass is 19.2. The van der Waals surface area contributed by atoms with Crippen LogP contribution in [0.1, 0.15) is 0 Å². The molecule has 0 atom stereocenters. The summed E-state index contributed by atoms with van der Waals surface area (Å²) in [5.41, 5.74) is 3.87. The van der Waals surface area contributed by atoms with Crippen LogP contribution in [0.4, 0.5) is 14.6 Å². The second kappa shape index (κ2) is 5.80. The molecule has 0 aliphatic rings. The van der Waals surface area contributed by atoms with Crippen molar-refractivity contribution >= 4 is 16.9 Å². The van der Waals surface area contributed by atoms with E-state index in [0.29, 0.717) is 27.9 Å². The fourth-order valence-electron chi connectivity index (χ4n) is 2.79. The lowest BCUT2D eigenvalue weighted by atomic mass is 10.0. The van der Waals surface area contributed by atoms with Gasteiger partial charge in [-0.25, -0.2) is 8.78 Å². The van der Waals surface area contributed by atoms with E-state index in [0.717, 1.165) is 17.7 Å². The van der Waals surface area contributed by atoms with E-state index in [1.807, 2.05) is 12.1 Å². The van der Waals surface area contributed by atoms with Gasteiger partial charge in [0.05, 0.1) is 16.8 Å². The predicted octanol–water partition coefficient (Wildman–Crippen LogP) is 5.12. The Kier molecular flexibility index (Phi) is 3.47. The normalized spacial score (nSPS) is 10.8. The Balaban J connectivity index is 2.08. The van der Waals surface area contributed by atoms with Crippen molar-refractivity contribution in [2.24, 2.45) is 0 Å². The number of rotatable bonds is 2. The van der Waals surface area contributed by atoms with Gasteiger partial charge in [0.25, 0.3) is 5.82 Å². The van der Waals surface area contributed by atoms with Crippen LogP contribution in [0.3, 0.4) is 0 Å². The summed E-state index contributed by atoms with van der Waals surface area (Å²) in [6, 6.07) is 10.7. The lowest BCUT2D eigenvalue weighted by Crippen LogP contribution is -1.88. The van der Waals surface area contributed by atoms with Crippen LogP contribution in [-0.4, -0.2) is 15.0 Å². The SMILES string of the molecule is [C-]#[N+]c1ccc2[nH]c(-c3ccncc3)c(-c3ccc(F)c(F)c3)c2n1. The Morgan fingerprint density at radius 3 is 2.44 bits per heavy atom. The van der Waals surface area contributed by atoms with E-state index in [4.69, 9.17) is 6.57 Å². The van der Waals surface area contributed by atoms with Crippen molar-refractivity contribution in [2.75, 3.05) is 0 Å². The summed E-state index contributed by atoms with van der Waals surface area (Å²) in [7, 11) is 0. The van der Waals surface area contributed by atoms with Gasteiger partial charge in [-0.2, -0.15) is 0 Å². The highest BCUT2D eigenvalue weighted by molar-refractivity contribution is 6.02. The van der Waals surface area contributed by atoms with Crippen molar-refractivity contribution < 1.29 is 8.78 Å². The summed E-state index contributed by atoms with van der Waals surface area (Å²) >= 11 is 0. The molecule has 0 bridgehead atoms. The predicted molar refractivity (Wildman–Crippen MR) is 90.9 cm³/mol. The van der Waals surface area contributed by atoms with Crippen LogP contribution < -0.4 is 0 Å². The third kappa shape index (κ3) is 2.52. The minimum absolute atomic E-state index is 0.233. The van der Waals surface area contributed by atoms with Crippen molar-refractivity contribution in [1.82, 2.24) is 15.0 Å². The second-order valence-electron chi connectivity index (χ2n) is 5.42. The number of pyridine rings is 2. The summed E-state index contributed by atoms with van der Waals surface area (Å²) in [6.45, 7) is 7.16. The molecule has 1 N–H and O–H groups in total. The van der Waals surface area contributed by atoms with Gasteiger partial charge in [-0.15, -0.1) is 4.98 Å². The van der Waals surface area contributed by atoms with Gasteiger partial charge in [-0.05, 0) is 42.0 Å². The van der Waals surface area contributed by atoms with E-state index in [9.17, 15) is 8.78 Å². The largest absolute Gasteiger partial charge is 0.361 e. The van der Waals surface area contributed by atoms with E-state index in [2.05, 4.69) is 19.8 Å². The zero-order valence-electron chi connectivity index (χ0n) is 12.8. The molecule has 4 aromatic rings. The average Bonchev–Trinajstić information content (AvgIpc) is 3.03. The van der Waals surface area contributed by atoms with Crippen LogP contribution in [0.5, 0.6) is 0 Å². The topological polar surface area (TPSA) is 45.9 Å². The molecule has 0 unspecified atom stereocenters. The highest BCUT2D eigenvalue weighted by Crippen LogP contribution is 2.38. The average molecular weight is 332 g/mol. The van der Waals surface area contributed by atoms with Gasteiger partial charge in [0.2, 0.25) is 0 Å². The number of nitrogens with zero attached hydrogens (tertiary/aromatic N) is 3. The molecule has 0 saturated heterocycles. The summed E-state index contributed by atoms with van der Waals surface area (Å²) in [4.78, 5) is 15.0. The molecule has 6 heteroatoms. The maximum absolute atomic E-state index is 13.8. The van der Waals surface area contributed by atoms with Crippen LogP contribution >= 0.6 is 0 Å². The Hall–Kier alpha value is -3.59. The van der Waals surface area contributed by atoms with Crippen LogP contribution in [0.25, 0.3) is 38.3 Å². The molecule has 0 amide bonds. The first-order valence-corrected chi connectivity index (χ1v) is 7.43. The maximum atomic E-state index is 13.8. The molecule has 0 radical (unpaired) electrons. The Bertz CT molecular complexity index is 1130. The third-order valence-corrected chi connectivity index (χ3v) is 3.92. The smallest absolute Gasteiger partial charge is 0.270 e. The standard InChI is InChI=1S/C19H10F2N4/c1-22-16-5-4-15-19(25-16)17(12-2-3-13(20)14(21)10-12)18(24-15)11-6-8-23-9-7-11/h2-10,24H. The second-order valence-corrected chi connectivity index (χ2v) is 5.42. The van der Waals surface area contributed by atoms with Gasteiger partial charge in [0, 0.05) is 18.0 Å². The highest BCUT2D eigenvalue weighted by Gasteiger charge is 2.20. The molecule has 0 aliphatic heterocycles. The molecular weight excluding hydrogens is 322 g/mol. The number of fused-ring (bicyclic) bond motifs is 1. The Morgan fingerprint density at radius 2 is 1.72 bits per heavy atom. The van der Waals surface area contributed by atoms with E-state index in [1.165, 1.54) is 6.07 Å². The molecule has 25 heavy (non-hydrogen) atoms. The fourth-order valence-corrected chi connectivity index (χ4v) is 2.79.